The number of hydrogen-bond donors (Lipinski definition) is 3. The van der Waals surface area contributed by atoms with Crippen LogP contribution in [0.4, 0.5) is 10.1 Å². The van der Waals surface area contributed by atoms with Crippen LogP contribution in [0.3, 0.4) is 0 Å². The molecule has 0 aliphatic carbocycles. The second-order valence-electron chi connectivity index (χ2n) is 9.88. The van der Waals surface area contributed by atoms with Gasteiger partial charge in [-0.1, -0.05) is 29.4 Å². The van der Waals surface area contributed by atoms with E-state index < -0.39 is 22.2 Å². The first-order valence-corrected chi connectivity index (χ1v) is 15.0. The minimum atomic E-state index is -3.83. The van der Waals surface area contributed by atoms with Crippen molar-refractivity contribution in [2.24, 2.45) is 0 Å². The van der Waals surface area contributed by atoms with Crippen LogP contribution in [0.15, 0.2) is 99.1 Å². The van der Waals surface area contributed by atoms with E-state index in [2.05, 4.69) is 20.2 Å². The third-order valence-corrected chi connectivity index (χ3v) is 8.28. The highest BCUT2D eigenvalue weighted by Gasteiger charge is 2.21. The van der Waals surface area contributed by atoms with E-state index >= 15 is 0 Å². The second kappa shape index (κ2) is 13.3. The quantitative estimate of drug-likeness (QED) is 0.155. The molecular weight excluding hydrogens is 575 g/mol. The molecule has 0 aliphatic rings. The zero-order valence-corrected chi connectivity index (χ0v) is 24.3. The Hall–Kier alpha value is -4.36. The molecule has 0 spiro atoms. The summed E-state index contributed by atoms with van der Waals surface area (Å²) in [7, 11) is -2.33. The van der Waals surface area contributed by atoms with Crippen molar-refractivity contribution in [3.63, 3.8) is 0 Å². The first-order valence-electron chi connectivity index (χ1n) is 13.5. The summed E-state index contributed by atoms with van der Waals surface area (Å²) >= 11 is 0. The van der Waals surface area contributed by atoms with Crippen LogP contribution in [0.2, 0.25) is 0 Å². The molecule has 3 aromatic carbocycles. The minimum absolute atomic E-state index is 0.0898. The monoisotopic (exact) mass is 606 g/mol. The summed E-state index contributed by atoms with van der Waals surface area (Å²) < 4.78 is 58.2. The van der Waals surface area contributed by atoms with Gasteiger partial charge in [0.05, 0.1) is 22.9 Å². The van der Waals surface area contributed by atoms with Gasteiger partial charge in [-0.15, -0.1) is 0 Å². The van der Waals surface area contributed by atoms with Gasteiger partial charge in [0.15, 0.2) is 11.9 Å². The lowest BCUT2D eigenvalue weighted by molar-refractivity contribution is 0.112. The molecule has 12 heteroatoms. The molecule has 3 N–H and O–H groups in total. The van der Waals surface area contributed by atoms with E-state index in [1.54, 1.807) is 43.3 Å². The molecule has 2 atom stereocenters. The van der Waals surface area contributed by atoms with Crippen LogP contribution in [0.5, 0.6) is 0 Å². The molecule has 10 nitrogen and oxygen atoms in total. The van der Waals surface area contributed by atoms with Gasteiger partial charge in [0.25, 0.3) is 10.0 Å². The minimum Gasteiger partial charge on any atom is -0.437 e. The van der Waals surface area contributed by atoms with Crippen molar-refractivity contribution in [3.8, 4) is 11.3 Å². The van der Waals surface area contributed by atoms with Crippen LogP contribution >= 0.6 is 0 Å². The van der Waals surface area contributed by atoms with Crippen LogP contribution in [0.25, 0.3) is 11.3 Å². The number of aromatic nitrogens is 2. The highest BCUT2D eigenvalue weighted by Crippen LogP contribution is 2.30. The van der Waals surface area contributed by atoms with E-state index in [0.717, 1.165) is 5.56 Å². The third-order valence-electron chi connectivity index (χ3n) is 6.89. The van der Waals surface area contributed by atoms with Gasteiger partial charge in [-0.05, 0) is 79.5 Å². The Morgan fingerprint density at radius 1 is 1.02 bits per heavy atom. The van der Waals surface area contributed by atoms with Crippen molar-refractivity contribution in [2.75, 3.05) is 24.9 Å². The molecule has 0 amide bonds. The summed E-state index contributed by atoms with van der Waals surface area (Å²) in [5.41, 5.74) is 4.08. The van der Waals surface area contributed by atoms with Gasteiger partial charge in [0.2, 0.25) is 5.89 Å². The number of anilines is 1. The number of nitrogens with one attached hydrogen (secondary N) is 2. The lowest BCUT2D eigenvalue weighted by atomic mass is 10.1. The zero-order valence-electron chi connectivity index (χ0n) is 23.5. The summed E-state index contributed by atoms with van der Waals surface area (Å²) in [4.78, 5) is 4.39. The predicted octanol–water partition coefficient (Wildman–Crippen LogP) is 5.18. The standard InChI is InChI=1S/C31H31FN4O6S/c1-20-27(19-41-35-20)28(37)17-33-16-15-21-3-11-25(12-4-21)36-43(38,39)26-13-7-22(8-14-26)29-18-34-31(42-29)30(40-2)23-5-9-24(32)10-6-23/h3-14,18-19,28,30,33,36-37H,15-17H2,1-2H3. The molecule has 0 saturated heterocycles. The van der Waals surface area contributed by atoms with E-state index in [9.17, 15) is 17.9 Å². The maximum absolute atomic E-state index is 13.3. The maximum Gasteiger partial charge on any atom is 0.261 e. The number of nitrogens with zero attached hydrogens (tertiary/aromatic N) is 2. The molecule has 0 radical (unpaired) electrons. The Morgan fingerprint density at radius 3 is 2.40 bits per heavy atom. The molecule has 0 saturated carbocycles. The lowest BCUT2D eigenvalue weighted by Crippen LogP contribution is -2.24. The number of aliphatic hydroxyl groups is 1. The Labute approximate surface area is 248 Å². The van der Waals surface area contributed by atoms with Crippen molar-refractivity contribution in [1.82, 2.24) is 15.5 Å². The third kappa shape index (κ3) is 7.35. The maximum atomic E-state index is 13.3. The largest absolute Gasteiger partial charge is 0.437 e. The number of oxazole rings is 1. The van der Waals surface area contributed by atoms with Gasteiger partial charge in [-0.3, -0.25) is 4.72 Å². The molecule has 0 aliphatic heterocycles. The summed E-state index contributed by atoms with van der Waals surface area (Å²) in [6.07, 6.45) is 2.34. The number of rotatable bonds is 13. The molecule has 5 aromatic rings. The molecule has 2 heterocycles. The molecule has 0 bridgehead atoms. The smallest absolute Gasteiger partial charge is 0.261 e. The van der Waals surface area contributed by atoms with E-state index in [1.165, 1.54) is 43.8 Å². The van der Waals surface area contributed by atoms with Crippen molar-refractivity contribution in [2.45, 2.75) is 30.4 Å². The fraction of sp³-hybridized carbons (Fsp3) is 0.226. The number of hydrogen-bond acceptors (Lipinski definition) is 9. The Morgan fingerprint density at radius 2 is 1.74 bits per heavy atom. The summed E-state index contributed by atoms with van der Waals surface area (Å²) in [5.74, 6) is 0.371. The van der Waals surface area contributed by atoms with E-state index in [1.807, 2.05) is 12.1 Å². The topological polar surface area (TPSA) is 140 Å². The first-order chi connectivity index (χ1) is 20.7. The fourth-order valence-corrected chi connectivity index (χ4v) is 5.57. The number of aliphatic hydroxyl groups excluding tert-OH is 1. The highest BCUT2D eigenvalue weighted by molar-refractivity contribution is 7.92. The van der Waals surface area contributed by atoms with Crippen molar-refractivity contribution >= 4 is 15.7 Å². The van der Waals surface area contributed by atoms with Crippen molar-refractivity contribution < 1.29 is 31.6 Å². The normalized spacial score (nSPS) is 13.1. The van der Waals surface area contributed by atoms with Crippen LogP contribution in [0, 0.1) is 12.7 Å². The number of aryl methyl sites for hydroxylation is 1. The van der Waals surface area contributed by atoms with Gasteiger partial charge in [0, 0.05) is 30.5 Å². The molecule has 43 heavy (non-hydrogen) atoms. The average Bonchev–Trinajstić information content (AvgIpc) is 3.67. The summed E-state index contributed by atoms with van der Waals surface area (Å²) in [6.45, 7) is 2.77. The van der Waals surface area contributed by atoms with Crippen LogP contribution in [-0.4, -0.2) is 43.9 Å². The first kappa shape index (κ1) is 30.1. The van der Waals surface area contributed by atoms with Gasteiger partial charge in [-0.25, -0.2) is 17.8 Å². The van der Waals surface area contributed by atoms with E-state index in [4.69, 9.17) is 13.7 Å². The highest BCUT2D eigenvalue weighted by atomic mass is 32.2. The average molecular weight is 607 g/mol. The number of sulfonamides is 1. The second-order valence-corrected chi connectivity index (χ2v) is 11.6. The molecule has 0 fully saturated rings. The number of benzene rings is 3. The molecule has 224 valence electrons. The predicted molar refractivity (Wildman–Crippen MR) is 157 cm³/mol. The number of halogens is 1. The van der Waals surface area contributed by atoms with Crippen LogP contribution in [-0.2, 0) is 21.2 Å². The van der Waals surface area contributed by atoms with Gasteiger partial charge in [-0.2, -0.15) is 0 Å². The van der Waals surface area contributed by atoms with Crippen molar-refractivity contribution in [1.29, 1.82) is 0 Å². The Balaban J connectivity index is 1.16. The van der Waals surface area contributed by atoms with Gasteiger partial charge >= 0.3 is 0 Å². The summed E-state index contributed by atoms with van der Waals surface area (Å²) in [6, 6.07) is 19.2. The molecular formula is C31H31FN4O6S. The SMILES string of the molecule is COC(c1ccc(F)cc1)c1ncc(-c2ccc(S(=O)(=O)Nc3ccc(CCNCC(O)c4conc4C)cc3)cc2)o1. The number of ether oxygens (including phenoxy) is 1. The Bertz CT molecular complexity index is 1740. The van der Waals surface area contributed by atoms with Gasteiger partial charge < -0.3 is 24.1 Å². The summed E-state index contributed by atoms with van der Waals surface area (Å²) in [5, 5.41) is 17.2. The zero-order chi connectivity index (χ0) is 30.4. The number of methoxy groups -OCH3 is 1. The molecule has 2 unspecified atom stereocenters. The lowest BCUT2D eigenvalue weighted by Gasteiger charge is -2.12. The van der Waals surface area contributed by atoms with E-state index in [0.29, 0.717) is 59.2 Å². The Kier molecular flexibility index (Phi) is 9.31. The van der Waals surface area contributed by atoms with Crippen LogP contribution < -0.4 is 10.0 Å². The fourth-order valence-electron chi connectivity index (χ4n) is 4.51. The van der Waals surface area contributed by atoms with E-state index in [-0.39, 0.29) is 10.7 Å². The molecule has 2 aromatic heterocycles. The van der Waals surface area contributed by atoms with Crippen LogP contribution in [0.1, 0.15) is 40.5 Å². The van der Waals surface area contributed by atoms with Gasteiger partial charge in [0.1, 0.15) is 12.1 Å². The molecule has 5 rings (SSSR count). The van der Waals surface area contributed by atoms with Crippen molar-refractivity contribution in [3.05, 3.63) is 119 Å².